The van der Waals surface area contributed by atoms with Crippen molar-refractivity contribution < 1.29 is 29.7 Å². The second-order valence-electron chi connectivity index (χ2n) is 4.43. The first-order valence-corrected chi connectivity index (χ1v) is 6.26. The van der Waals surface area contributed by atoms with Gasteiger partial charge in [0.05, 0.1) is 0 Å². The van der Waals surface area contributed by atoms with Crippen LogP contribution in [0.25, 0.3) is 0 Å². The lowest BCUT2D eigenvalue weighted by atomic mass is 9.85. The Hall–Kier alpha value is -1.63. The van der Waals surface area contributed by atoms with Crippen molar-refractivity contribution >= 4 is 17.9 Å². The van der Waals surface area contributed by atoms with Gasteiger partial charge in [0, 0.05) is 13.0 Å². The van der Waals surface area contributed by atoms with Crippen LogP contribution in [0.5, 0.6) is 0 Å². The van der Waals surface area contributed by atoms with Crippen LogP contribution < -0.4 is 5.32 Å². The molecule has 0 atom stereocenters. The zero-order valence-electron chi connectivity index (χ0n) is 11.0. The first-order chi connectivity index (χ1) is 8.86. The molecule has 0 bridgehead atoms. The van der Waals surface area contributed by atoms with Gasteiger partial charge in [0.15, 0.2) is 5.41 Å². The van der Waals surface area contributed by atoms with Crippen molar-refractivity contribution in [3.8, 4) is 0 Å². The highest BCUT2D eigenvalue weighted by molar-refractivity contribution is 5.98. The summed E-state index contributed by atoms with van der Waals surface area (Å²) in [7, 11) is 0. The zero-order valence-corrected chi connectivity index (χ0v) is 11.0. The minimum atomic E-state index is -1.79. The van der Waals surface area contributed by atoms with Gasteiger partial charge in [-0.15, -0.1) is 0 Å². The van der Waals surface area contributed by atoms with Crippen molar-refractivity contribution in [2.75, 3.05) is 13.1 Å². The third kappa shape index (κ3) is 5.69. The smallest absolute Gasteiger partial charge is 0.322 e. The molecular weight excluding hydrogens is 254 g/mol. The maximum atomic E-state index is 11.0. The Morgan fingerprint density at radius 1 is 1.00 bits per heavy atom. The molecule has 7 nitrogen and oxygen atoms in total. The molecule has 0 aliphatic heterocycles. The number of rotatable bonds is 11. The maximum absolute atomic E-state index is 11.0. The standard InChI is InChI=1S/C12H21NO6/c1-2-12(10(16)17,11(18)19)8-13-7-5-3-4-6-9(14)15/h13H,2-8H2,1H3,(H,14,15)(H,16,17)(H,18,19). The highest BCUT2D eigenvalue weighted by Gasteiger charge is 2.44. The molecule has 0 aliphatic rings. The molecule has 0 radical (unpaired) electrons. The van der Waals surface area contributed by atoms with E-state index in [-0.39, 0.29) is 19.4 Å². The Labute approximate surface area is 111 Å². The van der Waals surface area contributed by atoms with Gasteiger partial charge in [-0.2, -0.15) is 0 Å². The molecule has 7 heteroatoms. The average molecular weight is 275 g/mol. The van der Waals surface area contributed by atoms with E-state index in [1.54, 1.807) is 0 Å². The van der Waals surface area contributed by atoms with Crippen LogP contribution in [0.15, 0.2) is 0 Å². The van der Waals surface area contributed by atoms with Crippen LogP contribution in [0.1, 0.15) is 39.0 Å². The van der Waals surface area contributed by atoms with Gasteiger partial charge in [-0.3, -0.25) is 14.4 Å². The van der Waals surface area contributed by atoms with Gasteiger partial charge < -0.3 is 20.6 Å². The van der Waals surface area contributed by atoms with Crippen LogP contribution in [-0.2, 0) is 14.4 Å². The molecule has 0 saturated heterocycles. The van der Waals surface area contributed by atoms with Gasteiger partial charge in [0.25, 0.3) is 0 Å². The number of carboxylic acids is 3. The van der Waals surface area contributed by atoms with E-state index in [4.69, 9.17) is 15.3 Å². The number of nitrogens with one attached hydrogen (secondary N) is 1. The molecule has 0 aromatic carbocycles. The molecule has 19 heavy (non-hydrogen) atoms. The molecule has 4 N–H and O–H groups in total. The monoisotopic (exact) mass is 275 g/mol. The molecule has 0 heterocycles. The third-order valence-corrected chi connectivity index (χ3v) is 3.09. The molecule has 0 rings (SSSR count). The van der Waals surface area contributed by atoms with E-state index in [0.29, 0.717) is 25.8 Å². The average Bonchev–Trinajstić information content (AvgIpc) is 2.31. The van der Waals surface area contributed by atoms with E-state index >= 15 is 0 Å². The van der Waals surface area contributed by atoms with Crippen molar-refractivity contribution in [1.29, 1.82) is 0 Å². The van der Waals surface area contributed by atoms with E-state index < -0.39 is 23.3 Å². The molecule has 0 amide bonds. The lowest BCUT2D eigenvalue weighted by molar-refractivity contribution is -0.164. The second-order valence-corrected chi connectivity index (χ2v) is 4.43. The molecule has 0 fully saturated rings. The Bertz CT molecular complexity index is 314. The Morgan fingerprint density at radius 3 is 2.00 bits per heavy atom. The number of carboxylic acid groups (broad SMARTS) is 3. The summed E-state index contributed by atoms with van der Waals surface area (Å²) in [5.74, 6) is -3.53. The number of hydrogen-bond donors (Lipinski definition) is 4. The number of hydrogen-bond acceptors (Lipinski definition) is 4. The summed E-state index contributed by atoms with van der Waals surface area (Å²) in [5.41, 5.74) is -1.79. The van der Waals surface area contributed by atoms with Gasteiger partial charge >= 0.3 is 17.9 Å². The summed E-state index contributed by atoms with van der Waals surface area (Å²) in [6, 6.07) is 0. The van der Waals surface area contributed by atoms with Gasteiger partial charge in [0.2, 0.25) is 0 Å². The molecule has 0 saturated carbocycles. The quantitative estimate of drug-likeness (QED) is 0.324. The van der Waals surface area contributed by atoms with E-state index in [2.05, 4.69) is 5.32 Å². The van der Waals surface area contributed by atoms with Crippen LogP contribution >= 0.6 is 0 Å². The second kappa shape index (κ2) is 8.47. The fraction of sp³-hybridized carbons (Fsp3) is 0.750. The molecule has 0 aliphatic carbocycles. The van der Waals surface area contributed by atoms with Crippen molar-refractivity contribution in [3.63, 3.8) is 0 Å². The summed E-state index contributed by atoms with van der Waals surface area (Å²) in [6.07, 6.45) is 2.07. The van der Waals surface area contributed by atoms with Crippen molar-refractivity contribution in [2.45, 2.75) is 39.0 Å². The lowest BCUT2D eigenvalue weighted by Gasteiger charge is -2.23. The molecule has 0 aromatic heterocycles. The van der Waals surface area contributed by atoms with Gasteiger partial charge in [-0.25, -0.2) is 0 Å². The van der Waals surface area contributed by atoms with Gasteiger partial charge in [-0.05, 0) is 25.8 Å². The highest BCUT2D eigenvalue weighted by Crippen LogP contribution is 2.21. The fourth-order valence-electron chi connectivity index (χ4n) is 1.67. The maximum Gasteiger partial charge on any atom is 0.322 e. The van der Waals surface area contributed by atoms with Crippen LogP contribution in [0.4, 0.5) is 0 Å². The van der Waals surface area contributed by atoms with E-state index in [9.17, 15) is 14.4 Å². The Morgan fingerprint density at radius 2 is 1.58 bits per heavy atom. The van der Waals surface area contributed by atoms with Crippen LogP contribution in [0.2, 0.25) is 0 Å². The topological polar surface area (TPSA) is 124 Å². The minimum Gasteiger partial charge on any atom is -0.481 e. The first kappa shape index (κ1) is 17.4. The molecule has 0 unspecified atom stereocenters. The zero-order chi connectivity index (χ0) is 14.9. The van der Waals surface area contributed by atoms with Crippen LogP contribution in [0, 0.1) is 5.41 Å². The predicted octanol–water partition coefficient (Wildman–Crippen LogP) is 0.787. The first-order valence-electron chi connectivity index (χ1n) is 6.26. The Kier molecular flexibility index (Phi) is 7.74. The van der Waals surface area contributed by atoms with Crippen LogP contribution in [0.3, 0.4) is 0 Å². The summed E-state index contributed by atoms with van der Waals surface area (Å²) in [4.78, 5) is 32.4. The van der Waals surface area contributed by atoms with Gasteiger partial charge in [-0.1, -0.05) is 13.3 Å². The summed E-state index contributed by atoms with van der Waals surface area (Å²) in [5, 5.41) is 29.3. The van der Waals surface area contributed by atoms with Crippen LogP contribution in [-0.4, -0.2) is 46.3 Å². The molecule has 0 spiro atoms. The number of aliphatic carboxylic acids is 3. The normalized spacial score (nSPS) is 11.2. The predicted molar refractivity (Wildman–Crippen MR) is 67.0 cm³/mol. The van der Waals surface area contributed by atoms with E-state index in [1.165, 1.54) is 6.92 Å². The van der Waals surface area contributed by atoms with E-state index in [1.807, 2.05) is 0 Å². The largest absolute Gasteiger partial charge is 0.481 e. The van der Waals surface area contributed by atoms with Crippen molar-refractivity contribution in [1.82, 2.24) is 5.32 Å². The molecule has 110 valence electrons. The minimum absolute atomic E-state index is 0.00365. The number of unbranched alkanes of at least 4 members (excludes halogenated alkanes) is 2. The summed E-state index contributed by atoms with van der Waals surface area (Å²) < 4.78 is 0. The van der Waals surface area contributed by atoms with E-state index in [0.717, 1.165) is 0 Å². The Balaban J connectivity index is 3.99. The lowest BCUT2D eigenvalue weighted by Crippen LogP contribution is -2.47. The molecular formula is C12H21NO6. The SMILES string of the molecule is CCC(CNCCCCCC(=O)O)(C(=O)O)C(=O)O. The van der Waals surface area contributed by atoms with Crippen molar-refractivity contribution in [3.05, 3.63) is 0 Å². The highest BCUT2D eigenvalue weighted by atomic mass is 16.4. The number of carbonyl (C=O) groups is 3. The third-order valence-electron chi connectivity index (χ3n) is 3.09. The molecule has 0 aromatic rings. The fourth-order valence-corrected chi connectivity index (χ4v) is 1.67. The van der Waals surface area contributed by atoms with Crippen molar-refractivity contribution in [2.24, 2.45) is 5.41 Å². The van der Waals surface area contributed by atoms with Gasteiger partial charge in [0.1, 0.15) is 0 Å². The summed E-state index contributed by atoms with van der Waals surface area (Å²) in [6.45, 7) is 1.87. The summed E-state index contributed by atoms with van der Waals surface area (Å²) >= 11 is 0.